The molecule has 0 amide bonds. The van der Waals surface area contributed by atoms with Gasteiger partial charge >= 0.3 is 0 Å². The number of ether oxygens (including phenoxy) is 1. The molecule has 3 N–H and O–H groups in total. The fourth-order valence-electron chi connectivity index (χ4n) is 2.68. The lowest BCUT2D eigenvalue weighted by molar-refractivity contribution is 0.296. The normalized spacial score (nSPS) is 10.9. The Hall–Kier alpha value is -2.58. The maximum absolute atomic E-state index is 14.4. The van der Waals surface area contributed by atoms with Gasteiger partial charge in [0.2, 0.25) is 0 Å². The van der Waals surface area contributed by atoms with Crippen molar-refractivity contribution >= 4 is 15.9 Å². The third kappa shape index (κ3) is 4.28. The molecule has 28 heavy (non-hydrogen) atoms. The van der Waals surface area contributed by atoms with E-state index in [4.69, 9.17) is 15.9 Å². The number of hydrogen-bond donors (Lipinski definition) is 2. The second-order valence-electron chi connectivity index (χ2n) is 6.09. The minimum Gasteiger partial charge on any atom is -0.487 e. The molecule has 0 unspecified atom stereocenters. The van der Waals surface area contributed by atoms with Crippen LogP contribution in [0.5, 0.6) is 5.75 Å². The van der Waals surface area contributed by atoms with Crippen molar-refractivity contribution in [1.82, 2.24) is 4.57 Å². The Morgan fingerprint density at radius 2 is 1.79 bits per heavy atom. The molecule has 146 valence electrons. The molecule has 2 aromatic carbocycles. The lowest BCUT2D eigenvalue weighted by Gasteiger charge is -2.14. The first kappa shape index (κ1) is 20.2. The summed E-state index contributed by atoms with van der Waals surface area (Å²) in [5.41, 5.74) is 6.61. The quantitative estimate of drug-likeness (QED) is 0.588. The van der Waals surface area contributed by atoms with E-state index in [9.17, 15) is 13.2 Å². The van der Waals surface area contributed by atoms with Crippen molar-refractivity contribution in [3.8, 4) is 5.75 Å². The summed E-state index contributed by atoms with van der Waals surface area (Å²) in [5, 5.41) is 8.27. The zero-order valence-electron chi connectivity index (χ0n) is 14.7. The number of halogens is 4. The summed E-state index contributed by atoms with van der Waals surface area (Å²) in [5.74, 6) is -1.44. The van der Waals surface area contributed by atoms with Gasteiger partial charge in [-0.1, -0.05) is 18.2 Å². The van der Waals surface area contributed by atoms with E-state index in [1.807, 2.05) is 0 Å². The van der Waals surface area contributed by atoms with E-state index < -0.39 is 11.6 Å². The van der Waals surface area contributed by atoms with E-state index in [0.717, 1.165) is 12.1 Å². The third-order valence-electron chi connectivity index (χ3n) is 4.23. The SMILES string of the molecule is N=c1c(Br)c(OCc2ccc(F)cc2F)ccn1Cc1cccc(CN)c1F. The van der Waals surface area contributed by atoms with Crippen LogP contribution >= 0.6 is 15.9 Å². The van der Waals surface area contributed by atoms with E-state index in [1.165, 1.54) is 10.6 Å². The number of nitrogens with one attached hydrogen (secondary N) is 1. The third-order valence-corrected chi connectivity index (χ3v) is 5.00. The van der Waals surface area contributed by atoms with Crippen LogP contribution in [0, 0.1) is 22.9 Å². The molecule has 0 atom stereocenters. The van der Waals surface area contributed by atoms with Crippen molar-refractivity contribution in [2.45, 2.75) is 19.7 Å². The molecule has 0 spiro atoms. The van der Waals surface area contributed by atoms with Gasteiger partial charge in [-0.2, -0.15) is 0 Å². The molecule has 0 saturated carbocycles. The van der Waals surface area contributed by atoms with E-state index in [2.05, 4.69) is 15.9 Å². The van der Waals surface area contributed by atoms with Crippen molar-refractivity contribution in [1.29, 1.82) is 5.41 Å². The van der Waals surface area contributed by atoms with Crippen LogP contribution in [0.15, 0.2) is 53.1 Å². The Morgan fingerprint density at radius 1 is 1.04 bits per heavy atom. The summed E-state index contributed by atoms with van der Waals surface area (Å²) in [6.45, 7) is 0.111. The average Bonchev–Trinajstić information content (AvgIpc) is 2.67. The first-order valence-electron chi connectivity index (χ1n) is 8.37. The first-order chi connectivity index (χ1) is 13.4. The van der Waals surface area contributed by atoms with Gasteiger partial charge in [-0.25, -0.2) is 13.2 Å². The molecule has 1 aromatic heterocycles. The van der Waals surface area contributed by atoms with Gasteiger partial charge in [0.1, 0.15) is 39.8 Å². The lowest BCUT2D eigenvalue weighted by Crippen LogP contribution is -2.22. The van der Waals surface area contributed by atoms with Crippen LogP contribution in [0.3, 0.4) is 0 Å². The Morgan fingerprint density at radius 3 is 2.50 bits per heavy atom. The van der Waals surface area contributed by atoms with Crippen LogP contribution in [0.25, 0.3) is 0 Å². The molecule has 0 radical (unpaired) electrons. The van der Waals surface area contributed by atoms with E-state index in [1.54, 1.807) is 30.5 Å². The highest BCUT2D eigenvalue weighted by Crippen LogP contribution is 2.23. The number of nitrogens with zero attached hydrogens (tertiary/aromatic N) is 1. The highest BCUT2D eigenvalue weighted by molar-refractivity contribution is 9.10. The Labute approximate surface area is 168 Å². The molecule has 0 fully saturated rings. The smallest absolute Gasteiger partial charge is 0.143 e. The van der Waals surface area contributed by atoms with Crippen molar-refractivity contribution < 1.29 is 17.9 Å². The summed E-state index contributed by atoms with van der Waals surface area (Å²) in [4.78, 5) is 0. The van der Waals surface area contributed by atoms with Gasteiger partial charge in [-0.15, -0.1) is 0 Å². The van der Waals surface area contributed by atoms with Gasteiger partial charge in [-0.3, -0.25) is 5.41 Å². The molecule has 1 heterocycles. The standard InChI is InChI=1S/C20H17BrF3N3O/c21-18-17(28-11-14-4-5-15(22)8-16(14)23)6-7-27(20(18)26)10-13-3-1-2-12(9-25)19(13)24/h1-8,26H,9-11,25H2. The highest BCUT2D eigenvalue weighted by Gasteiger charge is 2.12. The second kappa shape index (κ2) is 8.62. The predicted octanol–water partition coefficient (Wildman–Crippen LogP) is 4.23. The summed E-state index contributed by atoms with van der Waals surface area (Å²) < 4.78 is 48.5. The number of rotatable bonds is 6. The Bertz CT molecular complexity index is 1070. The molecule has 0 aliphatic carbocycles. The zero-order valence-corrected chi connectivity index (χ0v) is 16.3. The van der Waals surface area contributed by atoms with Crippen LogP contribution in [0.1, 0.15) is 16.7 Å². The van der Waals surface area contributed by atoms with E-state index >= 15 is 0 Å². The van der Waals surface area contributed by atoms with Gasteiger partial charge in [-0.05, 0) is 34.1 Å². The lowest BCUT2D eigenvalue weighted by atomic mass is 10.1. The largest absolute Gasteiger partial charge is 0.487 e. The van der Waals surface area contributed by atoms with Crippen molar-refractivity contribution in [3.05, 3.63) is 92.8 Å². The van der Waals surface area contributed by atoms with Crippen LogP contribution in [0.4, 0.5) is 13.2 Å². The van der Waals surface area contributed by atoms with Gasteiger partial charge in [0.15, 0.2) is 0 Å². The van der Waals surface area contributed by atoms with Crippen LogP contribution < -0.4 is 16.0 Å². The minimum atomic E-state index is -0.705. The molecular weight excluding hydrogens is 435 g/mol. The monoisotopic (exact) mass is 451 g/mol. The highest BCUT2D eigenvalue weighted by atomic mass is 79.9. The summed E-state index contributed by atoms with van der Waals surface area (Å²) in [6, 6.07) is 9.80. The number of hydrogen-bond acceptors (Lipinski definition) is 3. The second-order valence-corrected chi connectivity index (χ2v) is 6.88. The van der Waals surface area contributed by atoms with Gasteiger partial charge in [0.25, 0.3) is 0 Å². The Balaban J connectivity index is 1.80. The molecule has 0 saturated heterocycles. The predicted molar refractivity (Wildman–Crippen MR) is 102 cm³/mol. The van der Waals surface area contributed by atoms with E-state index in [-0.39, 0.29) is 36.6 Å². The molecule has 0 bridgehead atoms. The molecule has 3 aromatic rings. The topological polar surface area (TPSA) is 64.0 Å². The van der Waals surface area contributed by atoms with Crippen molar-refractivity contribution in [2.75, 3.05) is 0 Å². The van der Waals surface area contributed by atoms with Crippen molar-refractivity contribution in [2.24, 2.45) is 5.73 Å². The molecule has 8 heteroatoms. The summed E-state index contributed by atoms with van der Waals surface area (Å²) in [6.07, 6.45) is 1.58. The van der Waals surface area contributed by atoms with Crippen LogP contribution in [-0.4, -0.2) is 4.57 Å². The molecule has 0 aliphatic rings. The molecule has 3 rings (SSSR count). The number of pyridine rings is 1. The number of benzene rings is 2. The van der Waals surface area contributed by atoms with Gasteiger partial charge < -0.3 is 15.0 Å². The Kier molecular flexibility index (Phi) is 6.21. The first-order valence-corrected chi connectivity index (χ1v) is 9.16. The van der Waals surface area contributed by atoms with Gasteiger partial charge in [0, 0.05) is 35.5 Å². The molecule has 4 nitrogen and oxygen atoms in total. The molecular formula is C20H17BrF3N3O. The number of nitrogens with two attached hydrogens (primary N) is 1. The fourth-order valence-corrected chi connectivity index (χ4v) is 3.16. The molecule has 0 aliphatic heterocycles. The summed E-state index contributed by atoms with van der Waals surface area (Å²) in [7, 11) is 0. The fraction of sp³-hybridized carbons (Fsp3) is 0.150. The zero-order chi connectivity index (χ0) is 20.3. The maximum Gasteiger partial charge on any atom is 0.143 e. The van der Waals surface area contributed by atoms with Gasteiger partial charge in [0.05, 0.1) is 6.54 Å². The number of aromatic nitrogens is 1. The summed E-state index contributed by atoms with van der Waals surface area (Å²) >= 11 is 3.29. The van der Waals surface area contributed by atoms with Crippen LogP contribution in [0.2, 0.25) is 0 Å². The average molecular weight is 452 g/mol. The maximum atomic E-state index is 14.4. The van der Waals surface area contributed by atoms with Crippen molar-refractivity contribution in [3.63, 3.8) is 0 Å². The van der Waals surface area contributed by atoms with E-state index in [0.29, 0.717) is 21.3 Å². The van der Waals surface area contributed by atoms with Crippen LogP contribution in [-0.2, 0) is 19.7 Å². The minimum absolute atomic E-state index is 0.0645.